The standard InChI is InChI=1S/C28H34F6N4O2/c1-19-3-4-21(13-20(19)2)14-25-18-36(6-5-35-37-9-11-40-12-10-37)7-8-38(25)26(39)22-15-23(27(29,30)31)17-24(16-22)28(32,33)34/h3-4,13,15-17,25,35H,5-12,14,18H2,1-2H3/t25-/m1/s1. The highest BCUT2D eigenvalue weighted by Crippen LogP contribution is 2.37. The van der Waals surface area contributed by atoms with Crippen LogP contribution in [-0.4, -0.2) is 85.8 Å². The molecule has 2 aromatic carbocycles. The van der Waals surface area contributed by atoms with Crippen molar-refractivity contribution >= 4 is 5.91 Å². The lowest BCUT2D eigenvalue weighted by molar-refractivity contribution is -0.143. The molecule has 2 aliphatic heterocycles. The van der Waals surface area contributed by atoms with Crippen LogP contribution in [0.4, 0.5) is 26.3 Å². The van der Waals surface area contributed by atoms with Crippen molar-refractivity contribution in [3.8, 4) is 0 Å². The van der Waals surface area contributed by atoms with Crippen molar-refractivity contribution < 1.29 is 35.9 Å². The summed E-state index contributed by atoms with van der Waals surface area (Å²) in [4.78, 5) is 17.1. The zero-order valence-electron chi connectivity index (χ0n) is 22.5. The summed E-state index contributed by atoms with van der Waals surface area (Å²) in [5.74, 6) is -0.837. The lowest BCUT2D eigenvalue weighted by atomic mass is 9.97. The SMILES string of the molecule is Cc1ccc(C[C@@H]2CN(CCNN3CCOCC3)CCN2C(=O)c2cc(C(F)(F)F)cc(C(F)(F)F)c2)cc1C. The van der Waals surface area contributed by atoms with Gasteiger partial charge in [0.15, 0.2) is 0 Å². The summed E-state index contributed by atoms with van der Waals surface area (Å²) in [6.07, 6.45) is -9.63. The number of hydrazine groups is 1. The fraction of sp³-hybridized carbons (Fsp3) is 0.536. The molecule has 0 unspecified atom stereocenters. The quantitative estimate of drug-likeness (QED) is 0.494. The first-order chi connectivity index (χ1) is 18.8. The van der Waals surface area contributed by atoms with Gasteiger partial charge in [-0.1, -0.05) is 18.2 Å². The molecule has 0 aliphatic carbocycles. The number of aryl methyl sites for hydroxylation is 2. The van der Waals surface area contributed by atoms with E-state index < -0.39 is 41.0 Å². The van der Waals surface area contributed by atoms with Gasteiger partial charge < -0.3 is 9.64 Å². The number of carbonyl (C=O) groups is 1. The summed E-state index contributed by atoms with van der Waals surface area (Å²) in [5.41, 5.74) is 2.86. The average molecular weight is 573 g/mol. The molecule has 40 heavy (non-hydrogen) atoms. The van der Waals surface area contributed by atoms with Gasteiger partial charge in [0.25, 0.3) is 5.91 Å². The highest BCUT2D eigenvalue weighted by atomic mass is 19.4. The minimum absolute atomic E-state index is 0.0444. The van der Waals surface area contributed by atoms with Gasteiger partial charge in [-0.05, 0) is 55.2 Å². The number of alkyl halides is 6. The van der Waals surface area contributed by atoms with Crippen LogP contribution in [0.15, 0.2) is 36.4 Å². The Morgan fingerprint density at radius 3 is 2.15 bits per heavy atom. The molecule has 0 bridgehead atoms. The molecule has 6 nitrogen and oxygen atoms in total. The smallest absolute Gasteiger partial charge is 0.379 e. The van der Waals surface area contributed by atoms with E-state index in [4.69, 9.17) is 4.74 Å². The third-order valence-corrected chi connectivity index (χ3v) is 7.48. The number of hydrogen-bond donors (Lipinski definition) is 1. The van der Waals surface area contributed by atoms with Crippen LogP contribution in [0.25, 0.3) is 0 Å². The molecule has 0 radical (unpaired) electrons. The van der Waals surface area contributed by atoms with Crippen LogP contribution in [0.5, 0.6) is 0 Å². The van der Waals surface area contributed by atoms with E-state index in [0.29, 0.717) is 57.9 Å². The minimum atomic E-state index is -5.03. The number of benzene rings is 2. The average Bonchev–Trinajstić information content (AvgIpc) is 2.90. The van der Waals surface area contributed by atoms with Crippen molar-refractivity contribution in [3.05, 3.63) is 69.8 Å². The van der Waals surface area contributed by atoms with Crippen molar-refractivity contribution in [3.63, 3.8) is 0 Å². The predicted octanol–water partition coefficient (Wildman–Crippen LogP) is 4.55. The first-order valence-electron chi connectivity index (χ1n) is 13.3. The zero-order chi connectivity index (χ0) is 29.1. The number of nitrogens with zero attached hydrogens (tertiary/aromatic N) is 3. The highest BCUT2D eigenvalue weighted by Gasteiger charge is 2.39. The number of hydrogen-bond acceptors (Lipinski definition) is 5. The molecule has 2 fully saturated rings. The van der Waals surface area contributed by atoms with Crippen LogP contribution in [-0.2, 0) is 23.5 Å². The molecule has 12 heteroatoms. The van der Waals surface area contributed by atoms with Gasteiger partial charge in [0.05, 0.1) is 24.3 Å². The second kappa shape index (κ2) is 12.5. The summed E-state index contributed by atoms with van der Waals surface area (Å²) in [7, 11) is 0. The van der Waals surface area contributed by atoms with Gasteiger partial charge >= 0.3 is 12.4 Å². The third-order valence-electron chi connectivity index (χ3n) is 7.48. The van der Waals surface area contributed by atoms with E-state index >= 15 is 0 Å². The van der Waals surface area contributed by atoms with Crippen molar-refractivity contribution in [1.29, 1.82) is 0 Å². The maximum Gasteiger partial charge on any atom is 0.416 e. The number of morpholine rings is 1. The molecule has 2 aliphatic rings. The van der Waals surface area contributed by atoms with E-state index in [2.05, 4.69) is 15.3 Å². The van der Waals surface area contributed by atoms with E-state index in [1.54, 1.807) is 0 Å². The molecule has 0 aromatic heterocycles. The van der Waals surface area contributed by atoms with E-state index in [1.165, 1.54) is 4.90 Å². The summed E-state index contributed by atoms with van der Waals surface area (Å²) in [6.45, 7) is 9.19. The van der Waals surface area contributed by atoms with Crippen molar-refractivity contribution in [1.82, 2.24) is 20.2 Å². The van der Waals surface area contributed by atoms with Crippen LogP contribution < -0.4 is 5.43 Å². The molecular weight excluding hydrogens is 538 g/mol. The predicted molar refractivity (Wildman–Crippen MR) is 138 cm³/mol. The summed E-state index contributed by atoms with van der Waals surface area (Å²) in [6, 6.07) is 6.55. The molecule has 2 aromatic rings. The van der Waals surface area contributed by atoms with E-state index in [-0.39, 0.29) is 12.6 Å². The second-order valence-corrected chi connectivity index (χ2v) is 10.4. The Morgan fingerprint density at radius 1 is 0.900 bits per heavy atom. The first-order valence-corrected chi connectivity index (χ1v) is 13.3. The Bertz CT molecular complexity index is 1150. The number of rotatable bonds is 7. The van der Waals surface area contributed by atoms with Crippen molar-refractivity contribution in [2.75, 3.05) is 59.0 Å². The Morgan fingerprint density at radius 2 is 1.55 bits per heavy atom. The molecule has 2 heterocycles. The minimum Gasteiger partial charge on any atom is -0.379 e. The Balaban J connectivity index is 1.56. The molecule has 1 N–H and O–H groups in total. The second-order valence-electron chi connectivity index (χ2n) is 10.4. The van der Waals surface area contributed by atoms with Crippen LogP contribution >= 0.6 is 0 Å². The molecule has 2 saturated heterocycles. The van der Waals surface area contributed by atoms with E-state index in [1.807, 2.05) is 32.0 Å². The van der Waals surface area contributed by atoms with Gasteiger partial charge in [0.2, 0.25) is 0 Å². The molecular formula is C28H34F6N4O2. The van der Waals surface area contributed by atoms with Crippen LogP contribution in [0.3, 0.4) is 0 Å². The van der Waals surface area contributed by atoms with Crippen molar-refractivity contribution in [2.45, 2.75) is 38.7 Å². The van der Waals surface area contributed by atoms with Crippen LogP contribution in [0.1, 0.15) is 38.2 Å². The van der Waals surface area contributed by atoms with E-state index in [0.717, 1.165) is 29.8 Å². The molecule has 4 rings (SSSR count). The summed E-state index contributed by atoms with van der Waals surface area (Å²) < 4.78 is 86.1. The van der Waals surface area contributed by atoms with Gasteiger partial charge in [-0.3, -0.25) is 15.1 Å². The largest absolute Gasteiger partial charge is 0.416 e. The maximum atomic E-state index is 13.5. The summed E-state index contributed by atoms with van der Waals surface area (Å²) in [5, 5.41) is 2.09. The zero-order valence-corrected chi connectivity index (χ0v) is 22.5. The van der Waals surface area contributed by atoms with Gasteiger partial charge in [0, 0.05) is 57.4 Å². The number of piperazine rings is 1. The van der Waals surface area contributed by atoms with Gasteiger partial charge in [-0.25, -0.2) is 5.01 Å². The molecule has 1 amide bonds. The number of ether oxygens (including phenoxy) is 1. The number of carbonyl (C=O) groups excluding carboxylic acids is 1. The third kappa shape index (κ3) is 7.74. The maximum absolute atomic E-state index is 13.5. The lowest BCUT2D eigenvalue weighted by Gasteiger charge is -2.42. The van der Waals surface area contributed by atoms with Crippen LogP contribution in [0.2, 0.25) is 0 Å². The molecule has 0 saturated carbocycles. The van der Waals surface area contributed by atoms with Gasteiger partial charge in [-0.15, -0.1) is 0 Å². The van der Waals surface area contributed by atoms with Gasteiger partial charge in [-0.2, -0.15) is 26.3 Å². The Labute approximate surface area is 229 Å². The Hall–Kier alpha value is -2.67. The number of nitrogens with one attached hydrogen (secondary N) is 1. The molecule has 1 atom stereocenters. The number of halogens is 6. The highest BCUT2D eigenvalue weighted by molar-refractivity contribution is 5.95. The fourth-order valence-electron chi connectivity index (χ4n) is 5.10. The molecule has 0 spiro atoms. The normalized spacial score (nSPS) is 19.7. The molecule has 220 valence electrons. The monoisotopic (exact) mass is 572 g/mol. The van der Waals surface area contributed by atoms with E-state index in [9.17, 15) is 31.1 Å². The lowest BCUT2D eigenvalue weighted by Crippen LogP contribution is -2.57. The van der Waals surface area contributed by atoms with Crippen molar-refractivity contribution in [2.24, 2.45) is 0 Å². The van der Waals surface area contributed by atoms with Gasteiger partial charge in [0.1, 0.15) is 0 Å². The summed E-state index contributed by atoms with van der Waals surface area (Å²) >= 11 is 0. The number of amides is 1. The Kier molecular flexibility index (Phi) is 9.44. The topological polar surface area (TPSA) is 48.0 Å². The first kappa shape index (κ1) is 30.3. The van der Waals surface area contributed by atoms with Crippen LogP contribution in [0, 0.1) is 13.8 Å². The fourth-order valence-corrected chi connectivity index (χ4v) is 5.10.